The lowest BCUT2D eigenvalue weighted by Crippen LogP contribution is -2.30. The van der Waals surface area contributed by atoms with E-state index in [-0.39, 0.29) is 6.04 Å². The van der Waals surface area contributed by atoms with Crippen LogP contribution in [0.4, 0.5) is 5.69 Å². The molecule has 0 amide bonds. The standard InChI is InChI=1S/C14H19ClN4O/c1-10(2)13(7-20-3)18-12-6-11(15)4-5-14(12)19-9-16-8-17-19/h4-6,8-10,13,18H,7H2,1-3H3. The number of benzene rings is 1. The summed E-state index contributed by atoms with van der Waals surface area (Å²) in [5.74, 6) is 0.428. The van der Waals surface area contributed by atoms with Gasteiger partial charge in [-0.05, 0) is 24.1 Å². The number of nitrogens with one attached hydrogen (secondary N) is 1. The molecular weight excluding hydrogens is 276 g/mol. The molecule has 0 radical (unpaired) electrons. The summed E-state index contributed by atoms with van der Waals surface area (Å²) in [6.07, 6.45) is 3.17. The first-order chi connectivity index (χ1) is 9.61. The average Bonchev–Trinajstić information content (AvgIpc) is 2.92. The second-order valence-corrected chi connectivity index (χ2v) is 5.39. The Bertz CT molecular complexity index is 542. The largest absolute Gasteiger partial charge is 0.383 e. The number of halogens is 1. The molecule has 1 atom stereocenters. The zero-order valence-electron chi connectivity index (χ0n) is 11.9. The maximum Gasteiger partial charge on any atom is 0.138 e. The zero-order chi connectivity index (χ0) is 14.5. The Balaban J connectivity index is 2.32. The molecule has 2 aromatic rings. The van der Waals surface area contributed by atoms with Gasteiger partial charge in [0.1, 0.15) is 12.7 Å². The number of rotatable bonds is 6. The fraction of sp³-hybridized carbons (Fsp3) is 0.429. The molecule has 2 rings (SSSR count). The smallest absolute Gasteiger partial charge is 0.138 e. The van der Waals surface area contributed by atoms with Crippen LogP contribution in [0.25, 0.3) is 5.69 Å². The van der Waals surface area contributed by atoms with Crippen molar-refractivity contribution < 1.29 is 4.74 Å². The van der Waals surface area contributed by atoms with Crippen molar-refractivity contribution in [3.63, 3.8) is 0 Å². The Kier molecular flexibility index (Phi) is 4.98. The number of ether oxygens (including phenoxy) is 1. The van der Waals surface area contributed by atoms with Crippen LogP contribution in [0.5, 0.6) is 0 Å². The summed E-state index contributed by atoms with van der Waals surface area (Å²) < 4.78 is 6.98. The van der Waals surface area contributed by atoms with Gasteiger partial charge in [0.05, 0.1) is 24.0 Å². The van der Waals surface area contributed by atoms with Gasteiger partial charge in [-0.1, -0.05) is 25.4 Å². The van der Waals surface area contributed by atoms with Crippen molar-refractivity contribution in [3.05, 3.63) is 35.9 Å². The number of aromatic nitrogens is 3. The number of hydrogen-bond acceptors (Lipinski definition) is 4. The lowest BCUT2D eigenvalue weighted by Gasteiger charge is -2.24. The summed E-state index contributed by atoms with van der Waals surface area (Å²) in [5, 5.41) is 8.32. The van der Waals surface area contributed by atoms with Crippen LogP contribution in [-0.4, -0.2) is 34.5 Å². The molecule has 1 aromatic heterocycles. The number of nitrogens with zero attached hydrogens (tertiary/aromatic N) is 3. The average molecular weight is 295 g/mol. The molecule has 0 spiro atoms. The monoisotopic (exact) mass is 294 g/mol. The van der Waals surface area contributed by atoms with Gasteiger partial charge in [0.25, 0.3) is 0 Å². The van der Waals surface area contributed by atoms with Crippen LogP contribution < -0.4 is 5.32 Å². The van der Waals surface area contributed by atoms with E-state index in [0.717, 1.165) is 11.4 Å². The minimum atomic E-state index is 0.195. The van der Waals surface area contributed by atoms with Crippen molar-refractivity contribution in [1.29, 1.82) is 0 Å². The quantitative estimate of drug-likeness (QED) is 0.890. The molecule has 0 fully saturated rings. The zero-order valence-corrected chi connectivity index (χ0v) is 12.6. The van der Waals surface area contributed by atoms with Gasteiger partial charge < -0.3 is 10.1 Å². The second-order valence-electron chi connectivity index (χ2n) is 4.95. The minimum absolute atomic E-state index is 0.195. The highest BCUT2D eigenvalue weighted by Crippen LogP contribution is 2.25. The highest BCUT2D eigenvalue weighted by atomic mass is 35.5. The molecule has 0 saturated heterocycles. The fourth-order valence-corrected chi connectivity index (χ4v) is 2.11. The van der Waals surface area contributed by atoms with E-state index in [4.69, 9.17) is 16.3 Å². The summed E-state index contributed by atoms with van der Waals surface area (Å²) in [6.45, 7) is 4.92. The molecule has 0 aliphatic carbocycles. The van der Waals surface area contributed by atoms with Crippen molar-refractivity contribution >= 4 is 17.3 Å². The maximum atomic E-state index is 6.10. The van der Waals surface area contributed by atoms with Crippen molar-refractivity contribution in [2.45, 2.75) is 19.9 Å². The molecule has 5 nitrogen and oxygen atoms in total. The summed E-state index contributed by atoms with van der Waals surface area (Å²) in [7, 11) is 1.70. The Morgan fingerprint density at radius 3 is 2.80 bits per heavy atom. The Hall–Kier alpha value is -1.59. The maximum absolute atomic E-state index is 6.10. The lowest BCUT2D eigenvalue weighted by molar-refractivity contribution is 0.171. The van der Waals surface area contributed by atoms with Crippen LogP contribution in [0, 0.1) is 5.92 Å². The normalized spacial score (nSPS) is 12.7. The Morgan fingerprint density at radius 1 is 1.40 bits per heavy atom. The summed E-state index contributed by atoms with van der Waals surface area (Å²) in [4.78, 5) is 3.98. The van der Waals surface area contributed by atoms with E-state index in [9.17, 15) is 0 Å². The fourth-order valence-electron chi connectivity index (χ4n) is 1.94. The predicted molar refractivity (Wildman–Crippen MR) is 80.5 cm³/mol. The molecule has 1 aromatic carbocycles. The van der Waals surface area contributed by atoms with Gasteiger partial charge >= 0.3 is 0 Å². The molecule has 0 aliphatic heterocycles. The molecule has 1 heterocycles. The Morgan fingerprint density at radius 2 is 2.20 bits per heavy atom. The third-order valence-corrected chi connectivity index (χ3v) is 3.35. The lowest BCUT2D eigenvalue weighted by atomic mass is 10.0. The first-order valence-corrected chi connectivity index (χ1v) is 6.89. The Labute approximate surface area is 123 Å². The number of methoxy groups -OCH3 is 1. The molecular formula is C14H19ClN4O. The molecule has 0 saturated carbocycles. The third-order valence-electron chi connectivity index (χ3n) is 3.12. The third kappa shape index (κ3) is 3.49. The van der Waals surface area contributed by atoms with E-state index < -0.39 is 0 Å². The van der Waals surface area contributed by atoms with Crippen molar-refractivity contribution in [3.8, 4) is 5.69 Å². The van der Waals surface area contributed by atoms with Crippen LogP contribution >= 0.6 is 11.6 Å². The van der Waals surface area contributed by atoms with Gasteiger partial charge in [-0.2, -0.15) is 5.10 Å². The van der Waals surface area contributed by atoms with Crippen molar-refractivity contribution in [2.24, 2.45) is 5.92 Å². The highest BCUT2D eigenvalue weighted by molar-refractivity contribution is 6.31. The van der Waals surface area contributed by atoms with Crippen LogP contribution in [0.2, 0.25) is 5.02 Å². The van der Waals surface area contributed by atoms with E-state index in [0.29, 0.717) is 17.5 Å². The van der Waals surface area contributed by atoms with Gasteiger partial charge in [-0.25, -0.2) is 9.67 Å². The van der Waals surface area contributed by atoms with Crippen molar-refractivity contribution in [1.82, 2.24) is 14.8 Å². The first-order valence-electron chi connectivity index (χ1n) is 6.52. The van der Waals surface area contributed by atoms with Crippen LogP contribution in [0.1, 0.15) is 13.8 Å². The van der Waals surface area contributed by atoms with Gasteiger partial charge in [-0.15, -0.1) is 0 Å². The van der Waals surface area contributed by atoms with E-state index in [1.807, 2.05) is 18.2 Å². The van der Waals surface area contributed by atoms with E-state index in [2.05, 4.69) is 29.2 Å². The van der Waals surface area contributed by atoms with E-state index in [1.165, 1.54) is 6.33 Å². The predicted octanol–water partition coefficient (Wildman–Crippen LogP) is 3.00. The molecule has 1 unspecified atom stereocenters. The number of anilines is 1. The SMILES string of the molecule is COCC(Nc1cc(Cl)ccc1-n1cncn1)C(C)C. The van der Waals surface area contributed by atoms with Crippen LogP contribution in [0.15, 0.2) is 30.9 Å². The molecule has 108 valence electrons. The minimum Gasteiger partial charge on any atom is -0.383 e. The van der Waals surface area contributed by atoms with Crippen LogP contribution in [-0.2, 0) is 4.74 Å². The molecule has 1 N–H and O–H groups in total. The molecule has 6 heteroatoms. The molecule has 20 heavy (non-hydrogen) atoms. The first kappa shape index (κ1) is 14.8. The summed E-state index contributed by atoms with van der Waals surface area (Å²) in [6, 6.07) is 5.85. The second kappa shape index (κ2) is 6.72. The topological polar surface area (TPSA) is 52.0 Å². The van der Waals surface area contributed by atoms with E-state index in [1.54, 1.807) is 18.1 Å². The summed E-state index contributed by atoms with van der Waals surface area (Å²) >= 11 is 6.10. The molecule has 0 aliphatic rings. The summed E-state index contributed by atoms with van der Waals surface area (Å²) in [5.41, 5.74) is 1.83. The highest BCUT2D eigenvalue weighted by Gasteiger charge is 2.16. The van der Waals surface area contributed by atoms with Gasteiger partial charge in [-0.3, -0.25) is 0 Å². The van der Waals surface area contributed by atoms with Crippen molar-refractivity contribution in [2.75, 3.05) is 19.0 Å². The van der Waals surface area contributed by atoms with E-state index >= 15 is 0 Å². The number of hydrogen-bond donors (Lipinski definition) is 1. The van der Waals surface area contributed by atoms with Gasteiger partial charge in [0, 0.05) is 12.1 Å². The van der Waals surface area contributed by atoms with Gasteiger partial charge in [0.15, 0.2) is 0 Å². The van der Waals surface area contributed by atoms with Gasteiger partial charge in [0.2, 0.25) is 0 Å². The van der Waals surface area contributed by atoms with Crippen LogP contribution in [0.3, 0.4) is 0 Å². The molecule has 0 bridgehead atoms.